The Morgan fingerprint density at radius 1 is 1.14 bits per heavy atom. The van der Waals surface area contributed by atoms with E-state index in [-0.39, 0.29) is 28.2 Å². The van der Waals surface area contributed by atoms with E-state index in [2.05, 4.69) is 0 Å². The van der Waals surface area contributed by atoms with Crippen LogP contribution in [0.5, 0.6) is 11.5 Å². The zero-order valence-electron chi connectivity index (χ0n) is 15.1. The van der Waals surface area contributed by atoms with Gasteiger partial charge in [0.05, 0.1) is 18.7 Å². The van der Waals surface area contributed by atoms with Crippen LogP contribution in [0.25, 0.3) is 5.76 Å². The summed E-state index contributed by atoms with van der Waals surface area (Å²) in [5.74, 6) is -3.98. The number of likely N-dealkylation sites (tertiary alicyclic amines) is 1. The van der Waals surface area contributed by atoms with Gasteiger partial charge in [0.1, 0.15) is 12.3 Å². The molecule has 0 radical (unpaired) electrons. The number of ether oxygens (including phenoxy) is 1. The van der Waals surface area contributed by atoms with Crippen molar-refractivity contribution < 1.29 is 34.4 Å². The second kappa shape index (κ2) is 7.84. The molecule has 0 saturated carbocycles. The summed E-state index contributed by atoms with van der Waals surface area (Å²) < 4.78 is 5.06. The number of phenolic OH excluding ortho intramolecular Hbond substituents is 1. The number of hydrogen-bond donors (Lipinski definition) is 3. The highest BCUT2D eigenvalue weighted by molar-refractivity contribution is 6.46. The van der Waals surface area contributed by atoms with Gasteiger partial charge in [-0.3, -0.25) is 14.4 Å². The van der Waals surface area contributed by atoms with Crippen molar-refractivity contribution in [1.29, 1.82) is 0 Å². The van der Waals surface area contributed by atoms with E-state index >= 15 is 0 Å². The Kier molecular flexibility index (Phi) is 5.47. The van der Waals surface area contributed by atoms with Gasteiger partial charge < -0.3 is 25.0 Å². The minimum atomic E-state index is -1.32. The van der Waals surface area contributed by atoms with Crippen LogP contribution in [0.3, 0.4) is 0 Å². The zero-order valence-corrected chi connectivity index (χ0v) is 15.9. The van der Waals surface area contributed by atoms with E-state index in [9.17, 15) is 29.7 Å². The average molecular weight is 418 g/mol. The molecule has 1 atom stereocenters. The van der Waals surface area contributed by atoms with Crippen LogP contribution in [0.1, 0.15) is 17.2 Å². The minimum absolute atomic E-state index is 0.0647. The van der Waals surface area contributed by atoms with Crippen LogP contribution in [0.15, 0.2) is 48.0 Å². The van der Waals surface area contributed by atoms with Gasteiger partial charge in [0.2, 0.25) is 0 Å². The molecular weight excluding hydrogens is 402 g/mol. The van der Waals surface area contributed by atoms with Crippen LogP contribution in [0, 0.1) is 0 Å². The lowest BCUT2D eigenvalue weighted by atomic mass is 9.95. The second-order valence-corrected chi connectivity index (χ2v) is 6.70. The molecule has 1 amide bonds. The maximum Gasteiger partial charge on any atom is 0.323 e. The molecule has 2 aromatic rings. The predicted octanol–water partition coefficient (Wildman–Crippen LogP) is 2.56. The topological polar surface area (TPSA) is 124 Å². The Balaban J connectivity index is 2.22. The van der Waals surface area contributed by atoms with Crippen molar-refractivity contribution in [3.05, 3.63) is 64.2 Å². The second-order valence-electron chi connectivity index (χ2n) is 6.26. The molecule has 1 aliphatic heterocycles. The third-order valence-electron chi connectivity index (χ3n) is 4.48. The summed E-state index contributed by atoms with van der Waals surface area (Å²) in [7, 11) is 1.32. The van der Waals surface area contributed by atoms with E-state index in [4.69, 9.17) is 16.3 Å². The normalized spacial score (nSPS) is 18.1. The number of carboxylic acid groups (broad SMARTS) is 1. The number of nitrogens with zero attached hydrogens (tertiary/aromatic N) is 1. The number of aromatic hydroxyl groups is 1. The van der Waals surface area contributed by atoms with Gasteiger partial charge in [-0.2, -0.15) is 0 Å². The minimum Gasteiger partial charge on any atom is -0.507 e. The first kappa shape index (κ1) is 20.2. The summed E-state index contributed by atoms with van der Waals surface area (Å²) >= 11 is 5.85. The van der Waals surface area contributed by atoms with E-state index < -0.39 is 36.0 Å². The first-order chi connectivity index (χ1) is 13.7. The van der Waals surface area contributed by atoms with Crippen LogP contribution in [-0.4, -0.2) is 51.5 Å². The highest BCUT2D eigenvalue weighted by atomic mass is 35.5. The van der Waals surface area contributed by atoms with Gasteiger partial charge in [-0.1, -0.05) is 17.7 Å². The summed E-state index contributed by atoms with van der Waals surface area (Å²) in [6, 6.07) is 8.83. The van der Waals surface area contributed by atoms with Crippen molar-refractivity contribution in [2.24, 2.45) is 0 Å². The van der Waals surface area contributed by atoms with Crippen LogP contribution >= 0.6 is 11.6 Å². The number of amides is 1. The number of aliphatic hydroxyl groups excluding tert-OH is 1. The third kappa shape index (κ3) is 3.74. The Bertz CT molecular complexity index is 1030. The molecule has 9 heteroatoms. The number of carboxylic acids is 1. The molecule has 3 N–H and O–H groups in total. The number of halogens is 1. The van der Waals surface area contributed by atoms with Crippen molar-refractivity contribution in [2.45, 2.75) is 6.04 Å². The van der Waals surface area contributed by atoms with Gasteiger partial charge in [0.15, 0.2) is 11.5 Å². The van der Waals surface area contributed by atoms with Crippen LogP contribution < -0.4 is 4.74 Å². The molecule has 0 aromatic heterocycles. The lowest BCUT2D eigenvalue weighted by Crippen LogP contribution is -2.34. The van der Waals surface area contributed by atoms with Crippen LogP contribution in [-0.2, 0) is 14.4 Å². The lowest BCUT2D eigenvalue weighted by Gasteiger charge is -2.24. The fourth-order valence-corrected chi connectivity index (χ4v) is 3.29. The Hall–Kier alpha value is -3.52. The molecule has 0 bridgehead atoms. The first-order valence-electron chi connectivity index (χ1n) is 8.37. The summed E-state index contributed by atoms with van der Waals surface area (Å²) in [5, 5.41) is 30.2. The smallest absolute Gasteiger partial charge is 0.323 e. The lowest BCUT2D eigenvalue weighted by molar-refractivity contribution is -0.146. The highest BCUT2D eigenvalue weighted by Crippen LogP contribution is 2.41. The molecule has 8 nitrogen and oxygen atoms in total. The zero-order chi connectivity index (χ0) is 21.3. The Morgan fingerprint density at radius 2 is 1.79 bits per heavy atom. The van der Waals surface area contributed by atoms with Gasteiger partial charge >= 0.3 is 5.97 Å². The molecule has 150 valence electrons. The number of aliphatic hydroxyl groups is 1. The van der Waals surface area contributed by atoms with Crippen molar-refractivity contribution >= 4 is 35.0 Å². The quantitative estimate of drug-likeness (QED) is 0.388. The van der Waals surface area contributed by atoms with E-state index in [0.29, 0.717) is 5.02 Å². The molecular formula is C20H16ClNO7. The van der Waals surface area contributed by atoms with Crippen LogP contribution in [0.2, 0.25) is 5.02 Å². The molecule has 1 fully saturated rings. The summed E-state index contributed by atoms with van der Waals surface area (Å²) in [5.41, 5.74) is 0.250. The Morgan fingerprint density at radius 3 is 2.38 bits per heavy atom. The molecule has 1 aliphatic rings. The van der Waals surface area contributed by atoms with Crippen LogP contribution in [0.4, 0.5) is 0 Å². The van der Waals surface area contributed by atoms with E-state index in [1.165, 1.54) is 49.6 Å². The SMILES string of the molecule is COc1cc(C2/C(=C(\O)c3ccc(Cl)cc3)C(=O)C(=O)N2CC(=O)O)ccc1O. The Labute approximate surface area is 170 Å². The monoisotopic (exact) mass is 417 g/mol. The van der Waals surface area contributed by atoms with Gasteiger partial charge in [0, 0.05) is 10.6 Å². The molecule has 2 aromatic carbocycles. The van der Waals surface area contributed by atoms with E-state index in [1.807, 2.05) is 0 Å². The fraction of sp³-hybridized carbons (Fsp3) is 0.150. The van der Waals surface area contributed by atoms with Gasteiger partial charge in [-0.05, 0) is 42.0 Å². The number of hydrogen-bond acceptors (Lipinski definition) is 6. The molecule has 0 aliphatic carbocycles. The summed E-state index contributed by atoms with van der Waals surface area (Å²) in [4.78, 5) is 37.3. The number of carbonyl (C=O) groups excluding carboxylic acids is 2. The van der Waals surface area contributed by atoms with Crippen molar-refractivity contribution in [3.8, 4) is 11.5 Å². The van der Waals surface area contributed by atoms with Gasteiger partial charge in [-0.25, -0.2) is 0 Å². The summed E-state index contributed by atoms with van der Waals surface area (Å²) in [6.07, 6.45) is 0. The number of phenols is 1. The number of ketones is 1. The molecule has 29 heavy (non-hydrogen) atoms. The standard InChI is InChI=1S/C20H16ClNO7/c1-29-14-8-11(4-7-13(14)23)17-16(18(26)10-2-5-12(21)6-3-10)19(27)20(28)22(17)9-15(24)25/h2-8,17,23,26H,9H2,1H3,(H,24,25)/b18-16+. The number of aliphatic carboxylic acids is 1. The van der Waals surface area contributed by atoms with Crippen molar-refractivity contribution in [1.82, 2.24) is 4.90 Å². The number of carbonyl (C=O) groups is 3. The van der Waals surface area contributed by atoms with E-state index in [0.717, 1.165) is 4.90 Å². The first-order valence-corrected chi connectivity index (χ1v) is 8.75. The van der Waals surface area contributed by atoms with Crippen molar-refractivity contribution in [2.75, 3.05) is 13.7 Å². The maximum atomic E-state index is 12.7. The number of benzene rings is 2. The molecule has 1 saturated heterocycles. The third-order valence-corrected chi connectivity index (χ3v) is 4.73. The molecule has 1 unspecified atom stereocenters. The number of rotatable bonds is 5. The molecule has 1 heterocycles. The maximum absolute atomic E-state index is 12.7. The number of methoxy groups -OCH3 is 1. The molecule has 0 spiro atoms. The van der Waals surface area contributed by atoms with Crippen molar-refractivity contribution in [3.63, 3.8) is 0 Å². The fourth-order valence-electron chi connectivity index (χ4n) is 3.16. The predicted molar refractivity (Wildman–Crippen MR) is 103 cm³/mol. The highest BCUT2D eigenvalue weighted by Gasteiger charge is 2.47. The van der Waals surface area contributed by atoms with E-state index in [1.54, 1.807) is 0 Å². The van der Waals surface area contributed by atoms with Gasteiger partial charge in [0.25, 0.3) is 11.7 Å². The summed E-state index contributed by atoms with van der Waals surface area (Å²) in [6.45, 7) is -0.754. The molecule has 3 rings (SSSR count). The largest absolute Gasteiger partial charge is 0.507 e. The number of Topliss-reactive ketones (excluding diaryl/α,β-unsaturated/α-hetero) is 1. The average Bonchev–Trinajstić information content (AvgIpc) is 2.93. The van der Waals surface area contributed by atoms with Gasteiger partial charge in [-0.15, -0.1) is 0 Å².